The van der Waals surface area contributed by atoms with Gasteiger partial charge in [0.2, 0.25) is 11.5 Å². The van der Waals surface area contributed by atoms with Gasteiger partial charge in [0, 0.05) is 34.6 Å². The van der Waals surface area contributed by atoms with E-state index in [1.165, 1.54) is 35.5 Å². The molecule has 1 saturated heterocycles. The number of esters is 1. The number of nitrogen functional groups attached to an aromatic ring is 1. The zero-order chi connectivity index (χ0) is 32.8. The van der Waals surface area contributed by atoms with Crippen molar-refractivity contribution in [3.63, 3.8) is 0 Å². The third-order valence-electron chi connectivity index (χ3n) is 7.07. The van der Waals surface area contributed by atoms with E-state index < -0.39 is 35.3 Å². The summed E-state index contributed by atoms with van der Waals surface area (Å²) in [6, 6.07) is 21.6. The Balaban J connectivity index is 1.29. The molecule has 0 aliphatic carbocycles. The molecule has 2 aromatic carbocycles. The molecule has 0 radical (unpaired) electrons. The number of allylic oxidation sites excluding steroid dienone is 1. The summed E-state index contributed by atoms with van der Waals surface area (Å²) in [6.45, 7) is 0. The van der Waals surface area contributed by atoms with Crippen LogP contribution in [0, 0.1) is 0 Å². The number of anilines is 1. The van der Waals surface area contributed by atoms with Crippen LogP contribution in [0.4, 0.5) is 5.13 Å². The smallest absolute Gasteiger partial charge is 0.356 e. The second kappa shape index (κ2) is 14.6. The number of amides is 2. The minimum atomic E-state index is -0.956. The Hall–Kier alpha value is -4.99. The number of rotatable bonds is 11. The van der Waals surface area contributed by atoms with Crippen LogP contribution in [0.25, 0.3) is 0 Å². The Kier molecular flexibility index (Phi) is 9.94. The summed E-state index contributed by atoms with van der Waals surface area (Å²) >= 11 is 3.73. The van der Waals surface area contributed by atoms with Crippen molar-refractivity contribution in [3.05, 3.63) is 125 Å². The number of oxime groups is 1. The average molecular weight is 686 g/mol. The van der Waals surface area contributed by atoms with Crippen molar-refractivity contribution in [3.8, 4) is 0 Å². The van der Waals surface area contributed by atoms with Gasteiger partial charge in [-0.15, -0.1) is 11.8 Å². The minimum absolute atomic E-state index is 0.0256. The van der Waals surface area contributed by atoms with E-state index in [9.17, 15) is 14.4 Å². The van der Waals surface area contributed by atoms with Crippen molar-refractivity contribution >= 4 is 63.7 Å². The van der Waals surface area contributed by atoms with Crippen LogP contribution in [0.5, 0.6) is 0 Å². The number of hydrogen-bond donors (Lipinski definition) is 2. The van der Waals surface area contributed by atoms with E-state index in [1.54, 1.807) is 18.5 Å². The number of nitrogens with two attached hydrogens (primary N) is 1. The van der Waals surface area contributed by atoms with Gasteiger partial charge in [-0.25, -0.2) is 4.79 Å². The lowest BCUT2D eigenvalue weighted by Crippen LogP contribution is -2.71. The largest absolute Gasteiger partial charge is 0.448 e. The molecule has 2 aliphatic heterocycles. The predicted molar refractivity (Wildman–Crippen MR) is 180 cm³/mol. The first-order valence-electron chi connectivity index (χ1n) is 14.2. The van der Waals surface area contributed by atoms with Gasteiger partial charge in [-0.3, -0.25) is 19.5 Å². The van der Waals surface area contributed by atoms with Crippen molar-refractivity contribution in [1.82, 2.24) is 24.6 Å². The number of benzene rings is 2. The summed E-state index contributed by atoms with van der Waals surface area (Å²) in [4.78, 5) is 56.4. The van der Waals surface area contributed by atoms with Crippen LogP contribution in [0.3, 0.4) is 0 Å². The van der Waals surface area contributed by atoms with Crippen LogP contribution in [0.1, 0.15) is 23.1 Å². The van der Waals surface area contributed by atoms with Crippen LogP contribution in [0.2, 0.25) is 0 Å². The Morgan fingerprint density at radius 1 is 1.11 bits per heavy atom. The summed E-state index contributed by atoms with van der Waals surface area (Å²) in [5.74, 6) is -1.52. The zero-order valence-corrected chi connectivity index (χ0v) is 27.2. The number of nitrogens with zero attached hydrogens (tertiary/aromatic N) is 5. The molecule has 6 rings (SSSR count). The monoisotopic (exact) mass is 685 g/mol. The highest BCUT2D eigenvalue weighted by Gasteiger charge is 2.54. The SMILES string of the molecule is CON=C(C(=O)NC1C(=O)N2C(C(=O)OC(c3ccccc3)c3ccccc3)=C(C=CSc3cccnc3)CS[C@H]12)c1nsc(N)n1. The normalized spacial score (nSPS) is 17.8. The lowest BCUT2D eigenvalue weighted by molar-refractivity contribution is -0.154. The maximum Gasteiger partial charge on any atom is 0.356 e. The van der Waals surface area contributed by atoms with E-state index in [4.69, 9.17) is 15.3 Å². The van der Waals surface area contributed by atoms with Crippen LogP contribution in [0.15, 0.2) is 118 Å². The quantitative estimate of drug-likeness (QED) is 0.0767. The number of β-lactam (4-membered cyclic amide) rings is 1. The topological polar surface area (TPSA) is 162 Å². The van der Waals surface area contributed by atoms with Crippen LogP contribution >= 0.6 is 35.1 Å². The standard InChI is InChI=1S/C32H27N7O5S3/c1-43-37-23(27-36-32(33)47-38-27)28(40)35-24-29(41)39-25(21(18-46-30(24)39)14-16-45-22-13-8-15-34-17-22)31(42)44-26(19-9-4-2-5-10-19)20-11-6-3-7-12-20/h2-17,24,26,30H,18H2,1H3,(H,35,40)(H2,33,36,38)/t24?,30-/m1/s1. The van der Waals surface area contributed by atoms with Crippen molar-refractivity contribution in [1.29, 1.82) is 0 Å². The van der Waals surface area contributed by atoms with Gasteiger partial charge in [0.15, 0.2) is 11.2 Å². The molecule has 1 unspecified atom stereocenters. The third kappa shape index (κ3) is 7.06. The highest BCUT2D eigenvalue weighted by atomic mass is 32.2. The first kappa shape index (κ1) is 32.0. The summed E-state index contributed by atoms with van der Waals surface area (Å²) in [5.41, 5.74) is 7.73. The summed E-state index contributed by atoms with van der Waals surface area (Å²) in [6.07, 6.45) is 4.50. The van der Waals surface area contributed by atoms with Gasteiger partial charge in [-0.05, 0) is 40.3 Å². The molecule has 0 bridgehead atoms. The van der Waals surface area contributed by atoms with Crippen molar-refractivity contribution in [2.75, 3.05) is 18.6 Å². The number of nitrogens with one attached hydrogen (secondary N) is 1. The molecule has 2 atom stereocenters. The van der Waals surface area contributed by atoms with Crippen molar-refractivity contribution in [2.45, 2.75) is 22.4 Å². The molecule has 2 aliphatic rings. The van der Waals surface area contributed by atoms with Gasteiger partial charge in [-0.1, -0.05) is 77.6 Å². The highest BCUT2D eigenvalue weighted by molar-refractivity contribution is 8.02. The molecular formula is C32H27N7O5S3. The van der Waals surface area contributed by atoms with Gasteiger partial charge in [-0.2, -0.15) is 9.36 Å². The number of thioether (sulfide) groups is 2. The molecule has 1 fully saturated rings. The molecule has 47 heavy (non-hydrogen) atoms. The van der Waals surface area contributed by atoms with E-state index in [-0.39, 0.29) is 22.4 Å². The highest BCUT2D eigenvalue weighted by Crippen LogP contribution is 2.42. The number of carbonyl (C=O) groups excluding carboxylic acids is 3. The van der Waals surface area contributed by atoms with Gasteiger partial charge in [0.1, 0.15) is 24.2 Å². The molecule has 4 aromatic rings. The predicted octanol–water partition coefficient (Wildman–Crippen LogP) is 4.16. The molecule has 238 valence electrons. The minimum Gasteiger partial charge on any atom is -0.448 e. The van der Waals surface area contributed by atoms with Gasteiger partial charge in [0.05, 0.1) is 0 Å². The molecule has 2 amide bonds. The molecule has 3 N–H and O–H groups in total. The van der Waals surface area contributed by atoms with E-state index in [0.29, 0.717) is 11.3 Å². The van der Waals surface area contributed by atoms with Gasteiger partial charge < -0.3 is 20.6 Å². The Bertz CT molecular complexity index is 1810. The number of pyridine rings is 1. The van der Waals surface area contributed by atoms with E-state index in [2.05, 4.69) is 24.8 Å². The maximum atomic E-state index is 14.2. The van der Waals surface area contributed by atoms with Crippen molar-refractivity contribution in [2.24, 2.45) is 5.16 Å². The Labute approximate surface area is 282 Å². The fourth-order valence-electron chi connectivity index (χ4n) is 4.93. The first-order valence-corrected chi connectivity index (χ1v) is 16.9. The molecule has 15 heteroatoms. The molecular weight excluding hydrogens is 659 g/mol. The first-order chi connectivity index (χ1) is 22.9. The summed E-state index contributed by atoms with van der Waals surface area (Å²) in [7, 11) is 1.28. The lowest BCUT2D eigenvalue weighted by Gasteiger charge is -2.49. The summed E-state index contributed by atoms with van der Waals surface area (Å²) < 4.78 is 10.2. The van der Waals surface area contributed by atoms with Gasteiger partial charge in [0.25, 0.3) is 11.8 Å². The maximum absolute atomic E-state index is 14.2. The summed E-state index contributed by atoms with van der Waals surface area (Å²) in [5, 5.41) is 7.86. The molecule has 0 saturated carbocycles. The Morgan fingerprint density at radius 2 is 1.83 bits per heavy atom. The lowest BCUT2D eigenvalue weighted by atomic mass is 10.0. The van der Waals surface area contributed by atoms with E-state index in [1.807, 2.05) is 78.2 Å². The fourth-order valence-corrected chi connectivity index (χ4v) is 7.36. The fraction of sp³-hybridized carbons (Fsp3) is 0.156. The van der Waals surface area contributed by atoms with Crippen LogP contribution < -0.4 is 11.1 Å². The van der Waals surface area contributed by atoms with Gasteiger partial charge >= 0.3 is 5.97 Å². The zero-order valence-electron chi connectivity index (χ0n) is 24.8. The Morgan fingerprint density at radius 3 is 2.45 bits per heavy atom. The molecule has 12 nitrogen and oxygen atoms in total. The number of aromatic nitrogens is 3. The molecule has 2 aromatic heterocycles. The van der Waals surface area contributed by atoms with Crippen LogP contribution in [-0.2, 0) is 24.0 Å². The van der Waals surface area contributed by atoms with Crippen molar-refractivity contribution < 1.29 is 24.0 Å². The molecule has 4 heterocycles. The van der Waals surface area contributed by atoms with E-state index >= 15 is 0 Å². The van der Waals surface area contributed by atoms with Crippen LogP contribution in [-0.4, -0.2) is 67.0 Å². The average Bonchev–Trinajstić information content (AvgIpc) is 3.54. The second-order valence-corrected chi connectivity index (χ2v) is 12.9. The third-order valence-corrected chi connectivity index (χ3v) is 9.70. The number of fused-ring (bicyclic) bond motifs is 1. The number of carbonyl (C=O) groups is 3. The molecule has 0 spiro atoms. The van der Waals surface area contributed by atoms with E-state index in [0.717, 1.165) is 27.6 Å². The number of hydrogen-bond acceptors (Lipinski definition) is 13. The number of ether oxygens (including phenoxy) is 1. The second-order valence-electron chi connectivity index (χ2n) is 10.0.